The molecule has 1 unspecified atom stereocenters. The molecule has 1 heterocycles. The molecule has 6 nitrogen and oxygen atoms in total. The van der Waals surface area contributed by atoms with E-state index in [0.717, 1.165) is 31.2 Å². The molecule has 1 aromatic rings. The monoisotopic (exact) mass is 330 g/mol. The van der Waals surface area contributed by atoms with Crippen molar-refractivity contribution in [1.82, 2.24) is 10.2 Å². The molecule has 1 saturated carbocycles. The summed E-state index contributed by atoms with van der Waals surface area (Å²) in [5, 5.41) is 11.7. The second-order valence-corrected chi connectivity index (χ2v) is 6.61. The van der Waals surface area contributed by atoms with Crippen LogP contribution in [0.1, 0.15) is 48.0 Å². The highest BCUT2D eigenvalue weighted by molar-refractivity contribution is 5.89. The number of likely N-dealkylation sites (tertiary alicyclic amines) is 1. The number of nitrogens with zero attached hydrogens (tertiary/aromatic N) is 1. The number of rotatable bonds is 5. The molecule has 0 aromatic heterocycles. The van der Waals surface area contributed by atoms with E-state index >= 15 is 0 Å². The van der Waals surface area contributed by atoms with Gasteiger partial charge in [-0.3, -0.25) is 9.59 Å². The third-order valence-electron chi connectivity index (χ3n) is 4.96. The van der Waals surface area contributed by atoms with Gasteiger partial charge in [0.05, 0.1) is 11.5 Å². The van der Waals surface area contributed by atoms with Gasteiger partial charge in [-0.25, -0.2) is 4.79 Å². The van der Waals surface area contributed by atoms with Gasteiger partial charge >= 0.3 is 5.97 Å². The standard InChI is InChI=1S/C18H22N2O4/c21-16-9-14(11-20(16)15-3-1-2-4-15)17(22)19-10-12-5-7-13(8-6-12)18(23)24/h5-8,14-15H,1-4,9-11H2,(H,19,22)(H,23,24). The van der Waals surface area contributed by atoms with E-state index in [2.05, 4.69) is 5.32 Å². The molecule has 6 heteroatoms. The summed E-state index contributed by atoms with van der Waals surface area (Å²) in [6.45, 7) is 0.861. The normalized spacial score (nSPS) is 21.2. The summed E-state index contributed by atoms with van der Waals surface area (Å²) in [4.78, 5) is 37.2. The average molecular weight is 330 g/mol. The maximum Gasteiger partial charge on any atom is 0.335 e. The molecular formula is C18H22N2O4. The third-order valence-corrected chi connectivity index (χ3v) is 4.96. The van der Waals surface area contributed by atoms with Crippen LogP contribution in [0.3, 0.4) is 0 Å². The number of carbonyl (C=O) groups is 3. The molecule has 128 valence electrons. The molecular weight excluding hydrogens is 308 g/mol. The van der Waals surface area contributed by atoms with E-state index in [0.29, 0.717) is 25.6 Å². The Bertz CT molecular complexity index is 635. The van der Waals surface area contributed by atoms with Crippen LogP contribution in [0.2, 0.25) is 0 Å². The predicted octanol–water partition coefficient (Wildman–Crippen LogP) is 1.79. The van der Waals surface area contributed by atoms with E-state index in [-0.39, 0.29) is 23.3 Å². The van der Waals surface area contributed by atoms with Crippen molar-refractivity contribution in [2.24, 2.45) is 5.92 Å². The highest BCUT2D eigenvalue weighted by Crippen LogP contribution is 2.29. The lowest BCUT2D eigenvalue weighted by atomic mass is 10.1. The van der Waals surface area contributed by atoms with Gasteiger partial charge in [0.15, 0.2) is 0 Å². The fourth-order valence-electron chi connectivity index (χ4n) is 3.57. The van der Waals surface area contributed by atoms with Gasteiger partial charge in [0.2, 0.25) is 11.8 Å². The summed E-state index contributed by atoms with van der Waals surface area (Å²) < 4.78 is 0. The molecule has 0 radical (unpaired) electrons. The quantitative estimate of drug-likeness (QED) is 0.862. The summed E-state index contributed by atoms with van der Waals surface area (Å²) in [6, 6.07) is 6.73. The first-order valence-corrected chi connectivity index (χ1v) is 8.44. The van der Waals surface area contributed by atoms with Crippen molar-refractivity contribution in [1.29, 1.82) is 0 Å². The van der Waals surface area contributed by atoms with Crippen molar-refractivity contribution in [3.63, 3.8) is 0 Å². The van der Waals surface area contributed by atoms with Gasteiger partial charge in [-0.15, -0.1) is 0 Å². The van der Waals surface area contributed by atoms with Gasteiger partial charge in [-0.1, -0.05) is 25.0 Å². The van der Waals surface area contributed by atoms with Crippen LogP contribution in [0.4, 0.5) is 0 Å². The van der Waals surface area contributed by atoms with Gasteiger partial charge in [0.25, 0.3) is 0 Å². The third kappa shape index (κ3) is 3.58. The molecule has 2 fully saturated rings. The zero-order valence-corrected chi connectivity index (χ0v) is 13.5. The van der Waals surface area contributed by atoms with Gasteiger partial charge in [0, 0.05) is 25.6 Å². The molecule has 1 atom stereocenters. The van der Waals surface area contributed by atoms with Crippen molar-refractivity contribution >= 4 is 17.8 Å². The Labute approximate surface area is 140 Å². The van der Waals surface area contributed by atoms with E-state index in [1.165, 1.54) is 12.1 Å². The second-order valence-electron chi connectivity index (χ2n) is 6.61. The Morgan fingerprint density at radius 3 is 2.46 bits per heavy atom. The van der Waals surface area contributed by atoms with Crippen LogP contribution in [-0.4, -0.2) is 40.4 Å². The topological polar surface area (TPSA) is 86.7 Å². The Kier molecular flexibility index (Phi) is 4.83. The minimum Gasteiger partial charge on any atom is -0.478 e. The molecule has 1 aliphatic heterocycles. The Hall–Kier alpha value is -2.37. The lowest BCUT2D eigenvalue weighted by molar-refractivity contribution is -0.130. The SMILES string of the molecule is O=C(O)c1ccc(CNC(=O)C2CC(=O)N(C3CCCC3)C2)cc1. The van der Waals surface area contributed by atoms with Crippen LogP contribution in [0.15, 0.2) is 24.3 Å². The van der Waals surface area contributed by atoms with Crippen molar-refractivity contribution in [3.05, 3.63) is 35.4 Å². The maximum absolute atomic E-state index is 12.3. The molecule has 0 spiro atoms. The van der Waals surface area contributed by atoms with E-state index < -0.39 is 5.97 Å². The first-order chi connectivity index (χ1) is 11.5. The molecule has 2 aliphatic rings. The van der Waals surface area contributed by atoms with Crippen LogP contribution in [0.25, 0.3) is 0 Å². The molecule has 1 saturated heterocycles. The van der Waals surface area contributed by atoms with Crippen molar-refractivity contribution in [3.8, 4) is 0 Å². The summed E-state index contributed by atoms with van der Waals surface area (Å²) in [5.74, 6) is -1.27. The van der Waals surface area contributed by atoms with Crippen LogP contribution in [0.5, 0.6) is 0 Å². The maximum atomic E-state index is 12.3. The van der Waals surface area contributed by atoms with Crippen molar-refractivity contribution in [2.45, 2.75) is 44.7 Å². The van der Waals surface area contributed by atoms with Crippen LogP contribution in [0, 0.1) is 5.92 Å². The molecule has 1 aliphatic carbocycles. The largest absolute Gasteiger partial charge is 0.478 e. The number of nitrogens with one attached hydrogen (secondary N) is 1. The average Bonchev–Trinajstić information content (AvgIpc) is 3.22. The van der Waals surface area contributed by atoms with Gasteiger partial charge in [0.1, 0.15) is 0 Å². The van der Waals surface area contributed by atoms with E-state index in [1.807, 2.05) is 4.90 Å². The molecule has 2 amide bonds. The number of carbonyl (C=O) groups excluding carboxylic acids is 2. The number of carboxylic acids is 1. The van der Waals surface area contributed by atoms with Crippen LogP contribution >= 0.6 is 0 Å². The van der Waals surface area contributed by atoms with Crippen molar-refractivity contribution < 1.29 is 19.5 Å². The number of amides is 2. The lowest BCUT2D eigenvalue weighted by Crippen LogP contribution is -2.36. The second kappa shape index (κ2) is 7.03. The Balaban J connectivity index is 1.52. The fraction of sp³-hybridized carbons (Fsp3) is 0.500. The Morgan fingerprint density at radius 2 is 1.83 bits per heavy atom. The number of carboxylic acid groups (broad SMARTS) is 1. The highest BCUT2D eigenvalue weighted by atomic mass is 16.4. The minimum absolute atomic E-state index is 0.0906. The molecule has 2 N–H and O–H groups in total. The summed E-state index contributed by atoms with van der Waals surface area (Å²) in [7, 11) is 0. The molecule has 1 aromatic carbocycles. The molecule has 3 rings (SSSR count). The van der Waals surface area contributed by atoms with E-state index in [9.17, 15) is 14.4 Å². The first-order valence-electron chi connectivity index (χ1n) is 8.44. The smallest absolute Gasteiger partial charge is 0.335 e. The van der Waals surface area contributed by atoms with Gasteiger partial charge in [-0.05, 0) is 30.5 Å². The Morgan fingerprint density at radius 1 is 1.17 bits per heavy atom. The molecule has 0 bridgehead atoms. The summed E-state index contributed by atoms with van der Waals surface area (Å²) >= 11 is 0. The number of hydrogen-bond acceptors (Lipinski definition) is 3. The van der Waals surface area contributed by atoms with Crippen molar-refractivity contribution in [2.75, 3.05) is 6.54 Å². The summed E-state index contributed by atoms with van der Waals surface area (Å²) in [5.41, 5.74) is 1.06. The minimum atomic E-state index is -0.970. The summed E-state index contributed by atoms with van der Waals surface area (Å²) in [6.07, 6.45) is 4.72. The highest BCUT2D eigenvalue weighted by Gasteiger charge is 2.38. The van der Waals surface area contributed by atoms with Gasteiger partial charge in [-0.2, -0.15) is 0 Å². The van der Waals surface area contributed by atoms with Gasteiger partial charge < -0.3 is 15.3 Å². The lowest BCUT2D eigenvalue weighted by Gasteiger charge is -2.23. The number of hydrogen-bond donors (Lipinski definition) is 2. The zero-order valence-electron chi connectivity index (χ0n) is 13.5. The van der Waals surface area contributed by atoms with E-state index in [1.54, 1.807) is 12.1 Å². The zero-order chi connectivity index (χ0) is 17.1. The van der Waals surface area contributed by atoms with Crippen LogP contribution < -0.4 is 5.32 Å². The van der Waals surface area contributed by atoms with E-state index in [4.69, 9.17) is 5.11 Å². The first kappa shape index (κ1) is 16.5. The molecule has 24 heavy (non-hydrogen) atoms. The number of benzene rings is 1. The van der Waals surface area contributed by atoms with Crippen LogP contribution in [-0.2, 0) is 16.1 Å². The predicted molar refractivity (Wildman–Crippen MR) is 87.3 cm³/mol. The number of aromatic carboxylic acids is 1. The fourth-order valence-corrected chi connectivity index (χ4v) is 3.57.